The molecule has 2 aromatic rings. The van der Waals surface area contributed by atoms with Gasteiger partial charge in [-0.1, -0.05) is 18.2 Å². The Hall–Kier alpha value is -1.81. The fourth-order valence-corrected chi connectivity index (χ4v) is 2.44. The molecular formula is C17H23NO3. The average molecular weight is 289 g/mol. The van der Waals surface area contributed by atoms with Crippen LogP contribution in [0.2, 0.25) is 0 Å². The third-order valence-electron chi connectivity index (χ3n) is 3.99. The Kier molecular flexibility index (Phi) is 4.68. The molecule has 0 saturated heterocycles. The van der Waals surface area contributed by atoms with Crippen molar-refractivity contribution in [1.82, 2.24) is 4.57 Å². The van der Waals surface area contributed by atoms with Crippen LogP contribution in [0.5, 0.6) is 0 Å². The number of para-hydroxylation sites is 1. The first kappa shape index (κ1) is 15.6. The van der Waals surface area contributed by atoms with Gasteiger partial charge in [-0.3, -0.25) is 4.79 Å². The van der Waals surface area contributed by atoms with Gasteiger partial charge in [0.2, 0.25) is 0 Å². The van der Waals surface area contributed by atoms with Gasteiger partial charge in [0.15, 0.2) is 0 Å². The zero-order chi connectivity index (χ0) is 15.5. The third kappa shape index (κ3) is 3.85. The lowest BCUT2D eigenvalue weighted by Gasteiger charge is -2.23. The van der Waals surface area contributed by atoms with Crippen molar-refractivity contribution >= 4 is 16.9 Å². The molecule has 0 aliphatic rings. The second kappa shape index (κ2) is 6.31. The largest absolute Gasteiger partial charge is 0.481 e. The van der Waals surface area contributed by atoms with E-state index in [1.165, 1.54) is 0 Å². The summed E-state index contributed by atoms with van der Waals surface area (Å²) < 4.78 is 7.67. The number of carbonyl (C=O) groups is 1. The standard InChI is InChI=1S/C17H23NO3/c1-17(2,21-3)10-11-18-12-13(8-9-16(19)20)14-6-4-5-7-15(14)18/h4-7,12H,8-11H2,1-3H3,(H,19,20). The van der Waals surface area contributed by atoms with Crippen molar-refractivity contribution < 1.29 is 14.6 Å². The SMILES string of the molecule is COC(C)(C)CCn1cc(CCC(=O)O)c2ccccc21. The minimum absolute atomic E-state index is 0.160. The molecule has 1 aromatic carbocycles. The predicted octanol–water partition coefficient (Wildman–Crippen LogP) is 3.47. The number of hydrogen-bond acceptors (Lipinski definition) is 2. The molecule has 0 aliphatic heterocycles. The van der Waals surface area contributed by atoms with Gasteiger partial charge in [0.05, 0.1) is 5.60 Å². The molecule has 1 aromatic heterocycles. The van der Waals surface area contributed by atoms with Gasteiger partial charge < -0.3 is 14.4 Å². The number of aliphatic carboxylic acids is 1. The maximum Gasteiger partial charge on any atom is 0.303 e. The van der Waals surface area contributed by atoms with Gasteiger partial charge in [0.1, 0.15) is 0 Å². The van der Waals surface area contributed by atoms with Crippen LogP contribution in [0.15, 0.2) is 30.5 Å². The molecule has 0 unspecified atom stereocenters. The summed E-state index contributed by atoms with van der Waals surface area (Å²) in [5.41, 5.74) is 2.10. The van der Waals surface area contributed by atoms with Crippen LogP contribution in [0, 0.1) is 0 Å². The van der Waals surface area contributed by atoms with Crippen LogP contribution in [0.4, 0.5) is 0 Å². The highest BCUT2D eigenvalue weighted by atomic mass is 16.5. The van der Waals surface area contributed by atoms with E-state index in [9.17, 15) is 4.79 Å². The summed E-state index contributed by atoms with van der Waals surface area (Å²) in [6.07, 6.45) is 3.72. The van der Waals surface area contributed by atoms with Gasteiger partial charge in [-0.2, -0.15) is 0 Å². The Bertz CT molecular complexity index is 628. The monoisotopic (exact) mass is 289 g/mol. The second-order valence-corrected chi connectivity index (χ2v) is 5.97. The summed E-state index contributed by atoms with van der Waals surface area (Å²) in [7, 11) is 1.73. The van der Waals surface area contributed by atoms with Crippen molar-refractivity contribution in [1.29, 1.82) is 0 Å². The molecule has 0 fully saturated rings. The lowest BCUT2D eigenvalue weighted by Crippen LogP contribution is -2.24. The smallest absolute Gasteiger partial charge is 0.303 e. The first-order chi connectivity index (χ1) is 9.93. The first-order valence-electron chi connectivity index (χ1n) is 7.26. The quantitative estimate of drug-likeness (QED) is 0.849. The zero-order valence-electron chi connectivity index (χ0n) is 12.9. The topological polar surface area (TPSA) is 51.5 Å². The van der Waals surface area contributed by atoms with Crippen LogP contribution in [-0.2, 0) is 22.5 Å². The molecule has 21 heavy (non-hydrogen) atoms. The fraction of sp³-hybridized carbons (Fsp3) is 0.471. The van der Waals surface area contributed by atoms with Gasteiger partial charge in [-0.15, -0.1) is 0 Å². The maximum atomic E-state index is 10.8. The number of ether oxygens (including phenoxy) is 1. The number of aromatic nitrogens is 1. The lowest BCUT2D eigenvalue weighted by atomic mass is 10.1. The molecule has 2 rings (SSSR count). The van der Waals surface area contributed by atoms with E-state index in [-0.39, 0.29) is 12.0 Å². The molecule has 1 N–H and O–H groups in total. The van der Waals surface area contributed by atoms with E-state index in [2.05, 4.69) is 36.7 Å². The first-order valence-corrected chi connectivity index (χ1v) is 7.26. The summed E-state index contributed by atoms with van der Waals surface area (Å²) >= 11 is 0. The molecule has 0 atom stereocenters. The minimum Gasteiger partial charge on any atom is -0.481 e. The van der Waals surface area contributed by atoms with Crippen molar-refractivity contribution in [2.45, 2.75) is 45.3 Å². The number of rotatable bonds is 7. The summed E-state index contributed by atoms with van der Waals surface area (Å²) in [4.78, 5) is 10.8. The van der Waals surface area contributed by atoms with E-state index in [0.29, 0.717) is 6.42 Å². The summed E-state index contributed by atoms with van der Waals surface area (Å²) in [5, 5.41) is 10.0. The Balaban J connectivity index is 2.25. The van der Waals surface area contributed by atoms with Crippen LogP contribution in [0.3, 0.4) is 0 Å². The van der Waals surface area contributed by atoms with E-state index in [1.807, 2.05) is 12.1 Å². The van der Waals surface area contributed by atoms with Crippen molar-refractivity contribution in [2.24, 2.45) is 0 Å². The average Bonchev–Trinajstić information content (AvgIpc) is 2.81. The molecule has 0 amide bonds. The third-order valence-corrected chi connectivity index (χ3v) is 3.99. The number of carboxylic acids is 1. The van der Waals surface area contributed by atoms with Crippen molar-refractivity contribution in [3.63, 3.8) is 0 Å². The van der Waals surface area contributed by atoms with Gasteiger partial charge in [-0.05, 0) is 38.3 Å². The highest BCUT2D eigenvalue weighted by Crippen LogP contribution is 2.24. The molecular weight excluding hydrogens is 266 g/mol. The number of hydrogen-bond donors (Lipinski definition) is 1. The van der Waals surface area contributed by atoms with E-state index in [4.69, 9.17) is 9.84 Å². The van der Waals surface area contributed by atoms with Crippen LogP contribution < -0.4 is 0 Å². The molecule has 0 saturated carbocycles. The molecule has 0 spiro atoms. The Morgan fingerprint density at radius 2 is 2.05 bits per heavy atom. The molecule has 114 valence electrons. The molecule has 0 aliphatic carbocycles. The van der Waals surface area contributed by atoms with Crippen LogP contribution in [0.25, 0.3) is 10.9 Å². The highest BCUT2D eigenvalue weighted by Gasteiger charge is 2.17. The molecule has 0 bridgehead atoms. The van der Waals surface area contributed by atoms with Gasteiger partial charge in [0.25, 0.3) is 0 Å². The fourth-order valence-electron chi connectivity index (χ4n) is 2.44. The number of methoxy groups -OCH3 is 1. The Morgan fingerprint density at radius 1 is 1.33 bits per heavy atom. The summed E-state index contributed by atoms with van der Waals surface area (Å²) in [6, 6.07) is 8.15. The number of benzene rings is 1. The van der Waals surface area contributed by atoms with E-state index in [0.717, 1.165) is 29.4 Å². The van der Waals surface area contributed by atoms with Crippen LogP contribution in [0.1, 0.15) is 32.3 Å². The summed E-state index contributed by atoms with van der Waals surface area (Å²) in [5.74, 6) is -0.757. The number of aryl methyl sites for hydroxylation is 2. The van der Waals surface area contributed by atoms with Crippen LogP contribution in [-0.4, -0.2) is 28.4 Å². The van der Waals surface area contributed by atoms with Gasteiger partial charge in [0, 0.05) is 37.2 Å². The number of nitrogens with zero attached hydrogens (tertiary/aromatic N) is 1. The normalized spacial score (nSPS) is 12.0. The van der Waals surface area contributed by atoms with Crippen molar-refractivity contribution in [3.8, 4) is 0 Å². The Morgan fingerprint density at radius 3 is 2.71 bits per heavy atom. The lowest BCUT2D eigenvalue weighted by molar-refractivity contribution is -0.136. The second-order valence-electron chi connectivity index (χ2n) is 5.97. The predicted molar refractivity (Wildman–Crippen MR) is 83.6 cm³/mol. The van der Waals surface area contributed by atoms with Crippen molar-refractivity contribution in [2.75, 3.05) is 7.11 Å². The number of fused-ring (bicyclic) bond motifs is 1. The maximum absolute atomic E-state index is 10.8. The van der Waals surface area contributed by atoms with Crippen molar-refractivity contribution in [3.05, 3.63) is 36.0 Å². The molecule has 0 radical (unpaired) electrons. The number of carboxylic acid groups (broad SMARTS) is 1. The molecule has 4 nitrogen and oxygen atoms in total. The Labute approximate surface area is 125 Å². The van der Waals surface area contributed by atoms with Gasteiger partial charge >= 0.3 is 5.97 Å². The zero-order valence-corrected chi connectivity index (χ0v) is 12.9. The minimum atomic E-state index is -0.757. The van der Waals surface area contributed by atoms with E-state index < -0.39 is 5.97 Å². The van der Waals surface area contributed by atoms with Crippen LogP contribution >= 0.6 is 0 Å². The molecule has 4 heteroatoms. The highest BCUT2D eigenvalue weighted by molar-refractivity contribution is 5.84. The van der Waals surface area contributed by atoms with E-state index in [1.54, 1.807) is 7.11 Å². The summed E-state index contributed by atoms with van der Waals surface area (Å²) in [6.45, 7) is 5.00. The van der Waals surface area contributed by atoms with Gasteiger partial charge in [-0.25, -0.2) is 0 Å². The molecule has 1 heterocycles. The van der Waals surface area contributed by atoms with E-state index >= 15 is 0 Å².